The molecule has 2 N–H and O–H groups in total. The Labute approximate surface area is 76.8 Å². The van der Waals surface area contributed by atoms with Crippen molar-refractivity contribution in [2.24, 2.45) is 0 Å². The van der Waals surface area contributed by atoms with Gasteiger partial charge in [0, 0.05) is 0 Å². The molecule has 0 aliphatic rings. The minimum atomic E-state index is -4.52. The van der Waals surface area contributed by atoms with Crippen molar-refractivity contribution in [3.8, 4) is 0 Å². The van der Waals surface area contributed by atoms with E-state index >= 15 is 0 Å². The molecule has 0 fully saturated rings. The number of carboxylic acids is 1. The van der Waals surface area contributed by atoms with Crippen molar-refractivity contribution in [2.45, 2.75) is 19.0 Å². The molecule has 78 valence electrons. The molecule has 0 spiro atoms. The van der Waals surface area contributed by atoms with E-state index < -0.39 is 23.8 Å². The molecule has 0 aromatic carbocycles. The average molecular weight is 208 g/mol. The third-order valence-corrected chi connectivity index (χ3v) is 1.68. The highest BCUT2D eigenvalue weighted by Gasteiger charge is 2.33. The number of nitrogens with one attached hydrogen (secondary N) is 1. The highest BCUT2D eigenvalue weighted by molar-refractivity contribution is 5.74. The first-order valence-corrected chi connectivity index (χ1v) is 3.67. The van der Waals surface area contributed by atoms with Gasteiger partial charge in [-0.05, 0) is 6.92 Å². The molecule has 1 aromatic rings. The summed E-state index contributed by atoms with van der Waals surface area (Å²) in [5.41, 5.74) is -1.04. The molecule has 0 aliphatic carbocycles. The van der Waals surface area contributed by atoms with E-state index in [9.17, 15) is 18.0 Å². The Bertz CT molecular complexity index is 345. The van der Waals surface area contributed by atoms with Crippen LogP contribution >= 0.6 is 0 Å². The van der Waals surface area contributed by atoms with Gasteiger partial charge in [0.25, 0.3) is 0 Å². The molecule has 0 saturated heterocycles. The number of hydrogen-bond acceptors (Lipinski definition) is 2. The molecule has 1 rings (SSSR count). The van der Waals surface area contributed by atoms with Crippen molar-refractivity contribution in [3.05, 3.63) is 17.7 Å². The van der Waals surface area contributed by atoms with Gasteiger partial charge in [0.2, 0.25) is 0 Å². The van der Waals surface area contributed by atoms with E-state index in [0.29, 0.717) is 6.20 Å². The van der Waals surface area contributed by atoms with Crippen LogP contribution in [0.3, 0.4) is 0 Å². The van der Waals surface area contributed by atoms with Crippen molar-refractivity contribution >= 4 is 5.97 Å². The van der Waals surface area contributed by atoms with E-state index in [4.69, 9.17) is 5.11 Å². The second-order valence-corrected chi connectivity index (χ2v) is 2.74. The average Bonchev–Trinajstić information content (AvgIpc) is 2.49. The van der Waals surface area contributed by atoms with Gasteiger partial charge in [-0.2, -0.15) is 13.2 Å². The van der Waals surface area contributed by atoms with Crippen LogP contribution in [0.1, 0.15) is 24.4 Å². The molecule has 4 nitrogen and oxygen atoms in total. The third kappa shape index (κ3) is 2.04. The molecule has 1 atom stereocenters. The summed E-state index contributed by atoms with van der Waals surface area (Å²) in [6.45, 7) is 1.25. The number of alkyl halides is 3. The fraction of sp³-hybridized carbons (Fsp3) is 0.429. The van der Waals surface area contributed by atoms with Gasteiger partial charge in [-0.15, -0.1) is 0 Å². The Morgan fingerprint density at radius 2 is 2.21 bits per heavy atom. The maximum Gasteiger partial charge on any atom is 0.432 e. The van der Waals surface area contributed by atoms with Crippen LogP contribution < -0.4 is 0 Å². The molecule has 0 aliphatic heterocycles. The molecule has 0 bridgehead atoms. The van der Waals surface area contributed by atoms with E-state index in [0.717, 1.165) is 0 Å². The Morgan fingerprint density at radius 3 is 2.57 bits per heavy atom. The quantitative estimate of drug-likeness (QED) is 0.775. The Kier molecular flexibility index (Phi) is 2.50. The van der Waals surface area contributed by atoms with Gasteiger partial charge >= 0.3 is 12.1 Å². The summed E-state index contributed by atoms with van der Waals surface area (Å²) in [6.07, 6.45) is -3.95. The number of carboxylic acid groups (broad SMARTS) is 1. The fourth-order valence-electron chi connectivity index (χ4n) is 0.818. The molecule has 1 heterocycles. The van der Waals surface area contributed by atoms with Gasteiger partial charge in [0.15, 0.2) is 0 Å². The van der Waals surface area contributed by atoms with Gasteiger partial charge in [0.1, 0.15) is 17.4 Å². The summed E-state index contributed by atoms with van der Waals surface area (Å²) < 4.78 is 36.1. The molecule has 0 saturated carbocycles. The highest BCUT2D eigenvalue weighted by atomic mass is 19.4. The monoisotopic (exact) mass is 208 g/mol. The van der Waals surface area contributed by atoms with E-state index in [-0.39, 0.29) is 5.82 Å². The second kappa shape index (κ2) is 3.32. The minimum Gasteiger partial charge on any atom is -0.481 e. The van der Waals surface area contributed by atoms with E-state index in [1.807, 2.05) is 4.98 Å². The van der Waals surface area contributed by atoms with Crippen LogP contribution in [0.15, 0.2) is 6.20 Å². The lowest BCUT2D eigenvalue weighted by Crippen LogP contribution is -2.10. The Balaban J connectivity index is 2.94. The topological polar surface area (TPSA) is 66.0 Å². The van der Waals surface area contributed by atoms with Crippen molar-refractivity contribution in [2.75, 3.05) is 0 Å². The van der Waals surface area contributed by atoms with Crippen LogP contribution in [0.5, 0.6) is 0 Å². The lowest BCUT2D eigenvalue weighted by Gasteiger charge is -2.03. The van der Waals surface area contributed by atoms with Gasteiger partial charge < -0.3 is 10.1 Å². The lowest BCUT2D eigenvalue weighted by atomic mass is 10.2. The maximum atomic E-state index is 12.0. The summed E-state index contributed by atoms with van der Waals surface area (Å²) in [6, 6.07) is 0. The predicted molar refractivity (Wildman–Crippen MR) is 39.6 cm³/mol. The van der Waals surface area contributed by atoms with Gasteiger partial charge in [-0.3, -0.25) is 4.79 Å². The van der Waals surface area contributed by atoms with E-state index in [1.54, 1.807) is 0 Å². The molecule has 1 aromatic heterocycles. The van der Waals surface area contributed by atoms with Gasteiger partial charge in [-0.1, -0.05) is 0 Å². The number of rotatable bonds is 2. The van der Waals surface area contributed by atoms with Crippen LogP contribution in [0, 0.1) is 0 Å². The first-order valence-electron chi connectivity index (χ1n) is 3.67. The Morgan fingerprint density at radius 1 is 1.64 bits per heavy atom. The molecular weight excluding hydrogens is 201 g/mol. The summed E-state index contributed by atoms with van der Waals surface area (Å²) >= 11 is 0. The van der Waals surface area contributed by atoms with Gasteiger partial charge in [0.05, 0.1) is 6.20 Å². The number of aliphatic carboxylic acids is 1. The number of H-pyrrole nitrogens is 1. The van der Waals surface area contributed by atoms with Crippen molar-refractivity contribution in [1.29, 1.82) is 0 Å². The summed E-state index contributed by atoms with van der Waals surface area (Å²) in [5.74, 6) is -2.51. The number of nitrogens with zero attached hydrogens (tertiary/aromatic N) is 1. The number of aromatic amines is 1. The highest BCUT2D eigenvalue weighted by Crippen LogP contribution is 2.28. The van der Waals surface area contributed by atoms with Crippen LogP contribution in [-0.4, -0.2) is 21.0 Å². The fourth-order valence-corrected chi connectivity index (χ4v) is 0.818. The largest absolute Gasteiger partial charge is 0.481 e. The lowest BCUT2D eigenvalue weighted by molar-refractivity contribution is -0.142. The van der Waals surface area contributed by atoms with E-state index in [2.05, 4.69) is 4.98 Å². The molecule has 14 heavy (non-hydrogen) atoms. The molecule has 0 amide bonds. The number of halogens is 3. The first-order chi connectivity index (χ1) is 6.32. The molecular formula is C7H7F3N2O2. The van der Waals surface area contributed by atoms with Crippen LogP contribution in [0.2, 0.25) is 0 Å². The first kappa shape index (κ1) is 10.6. The third-order valence-electron chi connectivity index (χ3n) is 1.68. The van der Waals surface area contributed by atoms with Crippen molar-refractivity contribution < 1.29 is 23.1 Å². The number of carbonyl (C=O) groups is 1. The summed E-state index contributed by atoms with van der Waals surface area (Å²) in [7, 11) is 0. The zero-order valence-corrected chi connectivity index (χ0v) is 7.09. The van der Waals surface area contributed by atoms with Crippen LogP contribution in [-0.2, 0) is 11.0 Å². The second-order valence-electron chi connectivity index (χ2n) is 2.74. The summed E-state index contributed by atoms with van der Waals surface area (Å²) in [5, 5.41) is 8.51. The van der Waals surface area contributed by atoms with Gasteiger partial charge in [-0.25, -0.2) is 4.98 Å². The van der Waals surface area contributed by atoms with Crippen LogP contribution in [0.25, 0.3) is 0 Å². The molecule has 0 radical (unpaired) electrons. The Hall–Kier alpha value is -1.53. The number of aromatic nitrogens is 2. The summed E-state index contributed by atoms with van der Waals surface area (Å²) in [4.78, 5) is 15.7. The smallest absolute Gasteiger partial charge is 0.432 e. The number of hydrogen-bond donors (Lipinski definition) is 2. The normalized spacial score (nSPS) is 14.0. The van der Waals surface area contributed by atoms with Crippen molar-refractivity contribution in [1.82, 2.24) is 9.97 Å². The van der Waals surface area contributed by atoms with Crippen LogP contribution in [0.4, 0.5) is 13.2 Å². The standard InChI is InChI=1S/C7H7F3N2O2/c1-3(6(13)14)5-11-2-4(12-5)7(8,9)10/h2-3H,1H3,(H,11,12)(H,13,14). The maximum absolute atomic E-state index is 12.0. The SMILES string of the molecule is CC(C(=O)O)c1ncc(C(F)(F)F)[nH]1. The predicted octanol–water partition coefficient (Wildman–Crippen LogP) is 1.62. The zero-order valence-electron chi connectivity index (χ0n) is 7.09. The minimum absolute atomic E-state index is 0.204. The van der Waals surface area contributed by atoms with Crippen molar-refractivity contribution in [3.63, 3.8) is 0 Å². The molecule has 7 heteroatoms. The zero-order chi connectivity index (χ0) is 10.9. The molecule has 1 unspecified atom stereocenters. The number of imidazole rings is 1. The van der Waals surface area contributed by atoms with E-state index in [1.165, 1.54) is 6.92 Å².